The minimum absolute atomic E-state index is 1.07. The van der Waals surface area contributed by atoms with E-state index in [2.05, 4.69) is 20.1 Å². The lowest BCUT2D eigenvalue weighted by atomic mass is 10.1. The van der Waals surface area contributed by atoms with Crippen molar-refractivity contribution in [2.75, 3.05) is 19.6 Å². The molecule has 0 bridgehead atoms. The van der Waals surface area contributed by atoms with Gasteiger partial charge in [-0.05, 0) is 25.0 Å². The number of quaternary nitrogens is 1. The standard InChI is InChI=1S/C17H33N/c1-4-7-8-9-10-11-12-13-14-17-18(15-5-2)16-6-3/h5-6H,2-4,7-17H2,1H3/p+1. The predicted molar refractivity (Wildman–Crippen MR) is 83.2 cm³/mol. The van der Waals surface area contributed by atoms with Crippen molar-refractivity contribution < 1.29 is 4.90 Å². The summed E-state index contributed by atoms with van der Waals surface area (Å²) in [7, 11) is 0. The summed E-state index contributed by atoms with van der Waals surface area (Å²) in [6, 6.07) is 0. The van der Waals surface area contributed by atoms with Crippen LogP contribution in [0.2, 0.25) is 0 Å². The molecule has 1 nitrogen and oxygen atoms in total. The van der Waals surface area contributed by atoms with Crippen LogP contribution in [0, 0.1) is 0 Å². The molecule has 0 atom stereocenters. The monoisotopic (exact) mass is 252 g/mol. The first-order chi connectivity index (χ1) is 8.85. The average Bonchev–Trinajstić information content (AvgIpc) is 2.37. The van der Waals surface area contributed by atoms with Gasteiger partial charge in [-0.25, -0.2) is 0 Å². The van der Waals surface area contributed by atoms with Crippen molar-refractivity contribution in [2.24, 2.45) is 0 Å². The molecule has 0 aliphatic heterocycles. The molecule has 1 heteroatoms. The molecule has 0 aromatic heterocycles. The Morgan fingerprint density at radius 1 is 0.722 bits per heavy atom. The maximum atomic E-state index is 3.82. The Kier molecular flexibility index (Phi) is 14.0. The van der Waals surface area contributed by atoms with E-state index in [0.29, 0.717) is 0 Å². The van der Waals surface area contributed by atoms with Crippen LogP contribution in [0.25, 0.3) is 0 Å². The Labute approximate surface area is 115 Å². The first-order valence-corrected chi connectivity index (χ1v) is 7.90. The van der Waals surface area contributed by atoms with Crippen molar-refractivity contribution in [3.8, 4) is 0 Å². The molecule has 1 N–H and O–H groups in total. The Bertz CT molecular complexity index is 176. The van der Waals surface area contributed by atoms with Crippen molar-refractivity contribution in [2.45, 2.75) is 64.7 Å². The van der Waals surface area contributed by atoms with Crippen LogP contribution in [0.15, 0.2) is 25.3 Å². The summed E-state index contributed by atoms with van der Waals surface area (Å²) >= 11 is 0. The third-order valence-electron chi connectivity index (χ3n) is 3.50. The summed E-state index contributed by atoms with van der Waals surface area (Å²) in [5.74, 6) is 0. The second kappa shape index (κ2) is 14.5. The van der Waals surface area contributed by atoms with Gasteiger partial charge in [0.1, 0.15) is 0 Å². The Hall–Kier alpha value is -0.560. The topological polar surface area (TPSA) is 4.44 Å². The van der Waals surface area contributed by atoms with E-state index in [1.807, 2.05) is 12.2 Å². The number of hydrogen-bond donors (Lipinski definition) is 1. The van der Waals surface area contributed by atoms with Crippen molar-refractivity contribution in [1.82, 2.24) is 0 Å². The van der Waals surface area contributed by atoms with Gasteiger partial charge in [-0.2, -0.15) is 0 Å². The van der Waals surface area contributed by atoms with E-state index in [1.165, 1.54) is 64.3 Å². The molecule has 0 aliphatic carbocycles. The zero-order valence-electron chi connectivity index (χ0n) is 12.6. The largest absolute Gasteiger partial charge is 0.328 e. The van der Waals surface area contributed by atoms with Crippen molar-refractivity contribution in [3.05, 3.63) is 25.3 Å². The predicted octanol–water partition coefficient (Wildman–Crippen LogP) is 3.77. The van der Waals surface area contributed by atoms with Gasteiger partial charge in [0.15, 0.2) is 0 Å². The second-order valence-electron chi connectivity index (χ2n) is 5.31. The van der Waals surface area contributed by atoms with Gasteiger partial charge in [-0.15, -0.1) is 0 Å². The third kappa shape index (κ3) is 11.9. The first kappa shape index (κ1) is 17.4. The van der Waals surface area contributed by atoms with Crippen LogP contribution < -0.4 is 4.90 Å². The zero-order chi connectivity index (χ0) is 13.5. The lowest BCUT2D eigenvalue weighted by Gasteiger charge is -2.15. The zero-order valence-corrected chi connectivity index (χ0v) is 12.6. The van der Waals surface area contributed by atoms with Gasteiger partial charge in [0.25, 0.3) is 0 Å². The van der Waals surface area contributed by atoms with Gasteiger partial charge in [0, 0.05) is 0 Å². The molecular formula is C17H34N+. The fraction of sp³-hybridized carbons (Fsp3) is 0.765. The maximum absolute atomic E-state index is 3.82. The average molecular weight is 252 g/mol. The lowest BCUT2D eigenvalue weighted by Crippen LogP contribution is -3.11. The van der Waals surface area contributed by atoms with E-state index in [0.717, 1.165) is 13.1 Å². The van der Waals surface area contributed by atoms with Crippen LogP contribution in [0.1, 0.15) is 64.7 Å². The number of rotatable bonds is 14. The van der Waals surface area contributed by atoms with Gasteiger partial charge >= 0.3 is 0 Å². The Morgan fingerprint density at radius 3 is 1.61 bits per heavy atom. The summed E-state index contributed by atoms with van der Waals surface area (Å²) in [5.41, 5.74) is 0. The Morgan fingerprint density at radius 2 is 1.17 bits per heavy atom. The number of hydrogen-bond acceptors (Lipinski definition) is 0. The van der Waals surface area contributed by atoms with Gasteiger partial charge in [-0.3, -0.25) is 0 Å². The highest BCUT2D eigenvalue weighted by atomic mass is 15.1. The van der Waals surface area contributed by atoms with Crippen molar-refractivity contribution >= 4 is 0 Å². The highest BCUT2D eigenvalue weighted by Crippen LogP contribution is 2.08. The summed E-state index contributed by atoms with van der Waals surface area (Å²) in [5, 5.41) is 0. The van der Waals surface area contributed by atoms with Crippen LogP contribution in [0.3, 0.4) is 0 Å². The highest BCUT2D eigenvalue weighted by molar-refractivity contribution is 4.67. The van der Waals surface area contributed by atoms with Crippen LogP contribution in [0.4, 0.5) is 0 Å². The van der Waals surface area contributed by atoms with Crippen LogP contribution in [-0.2, 0) is 0 Å². The quantitative estimate of drug-likeness (QED) is 0.354. The van der Waals surface area contributed by atoms with Crippen LogP contribution in [0.5, 0.6) is 0 Å². The minimum atomic E-state index is 1.07. The fourth-order valence-corrected chi connectivity index (χ4v) is 2.38. The summed E-state index contributed by atoms with van der Waals surface area (Å²) in [6.45, 7) is 13.3. The third-order valence-corrected chi connectivity index (χ3v) is 3.50. The molecule has 0 heterocycles. The smallest absolute Gasteiger partial charge is 0.0957 e. The molecule has 18 heavy (non-hydrogen) atoms. The van der Waals surface area contributed by atoms with Crippen LogP contribution in [-0.4, -0.2) is 19.6 Å². The fourth-order valence-electron chi connectivity index (χ4n) is 2.38. The van der Waals surface area contributed by atoms with E-state index in [9.17, 15) is 0 Å². The minimum Gasteiger partial charge on any atom is -0.328 e. The number of unbranched alkanes of at least 4 members (excludes halogenated alkanes) is 8. The molecule has 0 spiro atoms. The molecule has 0 radical (unpaired) electrons. The summed E-state index contributed by atoms with van der Waals surface area (Å²) in [6.07, 6.45) is 16.7. The molecule has 106 valence electrons. The summed E-state index contributed by atoms with van der Waals surface area (Å²) in [4.78, 5) is 1.60. The molecule has 0 aromatic carbocycles. The molecule has 0 aliphatic rings. The molecule has 0 unspecified atom stereocenters. The van der Waals surface area contributed by atoms with Gasteiger partial charge in [-0.1, -0.05) is 65.0 Å². The maximum Gasteiger partial charge on any atom is 0.0957 e. The normalized spacial score (nSPS) is 10.8. The molecule has 0 aromatic rings. The highest BCUT2D eigenvalue weighted by Gasteiger charge is 2.02. The van der Waals surface area contributed by atoms with Gasteiger partial charge < -0.3 is 4.90 Å². The van der Waals surface area contributed by atoms with E-state index >= 15 is 0 Å². The van der Waals surface area contributed by atoms with E-state index < -0.39 is 0 Å². The molecule has 0 saturated heterocycles. The van der Waals surface area contributed by atoms with E-state index in [-0.39, 0.29) is 0 Å². The van der Waals surface area contributed by atoms with E-state index in [1.54, 1.807) is 4.90 Å². The summed E-state index contributed by atoms with van der Waals surface area (Å²) < 4.78 is 0. The van der Waals surface area contributed by atoms with E-state index in [4.69, 9.17) is 0 Å². The molecule has 0 fully saturated rings. The lowest BCUT2D eigenvalue weighted by molar-refractivity contribution is -0.888. The SMILES string of the molecule is C=CC[NH+](CC=C)CCCCCCCCCCC. The Balaban J connectivity index is 3.26. The van der Waals surface area contributed by atoms with Gasteiger partial charge in [0.2, 0.25) is 0 Å². The molecule has 0 saturated carbocycles. The number of nitrogens with one attached hydrogen (secondary N) is 1. The molecule has 0 amide bonds. The first-order valence-electron chi connectivity index (χ1n) is 7.90. The molecular weight excluding hydrogens is 218 g/mol. The molecule has 0 rings (SSSR count). The van der Waals surface area contributed by atoms with Crippen molar-refractivity contribution in [3.63, 3.8) is 0 Å². The van der Waals surface area contributed by atoms with Gasteiger partial charge in [0.05, 0.1) is 19.6 Å². The second-order valence-corrected chi connectivity index (χ2v) is 5.31. The van der Waals surface area contributed by atoms with Crippen molar-refractivity contribution in [1.29, 1.82) is 0 Å². The van der Waals surface area contributed by atoms with Crippen LogP contribution >= 0.6 is 0 Å².